The average Bonchev–Trinajstić information content (AvgIpc) is 2.77. The summed E-state index contributed by atoms with van der Waals surface area (Å²) in [6, 6.07) is 1.38. The lowest BCUT2D eigenvalue weighted by Gasteiger charge is -2.36. The van der Waals surface area contributed by atoms with Gasteiger partial charge < -0.3 is 14.2 Å². The van der Waals surface area contributed by atoms with Crippen LogP contribution in [0.15, 0.2) is 0 Å². The van der Waals surface area contributed by atoms with E-state index in [1.165, 1.54) is 52.4 Å². The topological polar surface area (TPSA) is 40.7 Å². The molecule has 0 radical (unpaired) electrons. The van der Waals surface area contributed by atoms with E-state index in [4.69, 9.17) is 14.2 Å². The molecule has 0 amide bonds. The zero-order valence-electron chi connectivity index (χ0n) is 22.4. The van der Waals surface area contributed by atoms with Crippen LogP contribution in [0.4, 0.5) is 0 Å². The van der Waals surface area contributed by atoms with E-state index in [1.54, 1.807) is 0 Å². The van der Waals surface area contributed by atoms with Crippen molar-refractivity contribution in [2.45, 2.75) is 66.7 Å². The third-order valence-corrected chi connectivity index (χ3v) is 6.26. The van der Waals surface area contributed by atoms with Gasteiger partial charge in [0.2, 0.25) is 0 Å². The zero-order chi connectivity index (χ0) is 23.8. The first-order chi connectivity index (χ1) is 15.3. The summed E-state index contributed by atoms with van der Waals surface area (Å²) in [5.41, 5.74) is 0. The van der Waals surface area contributed by atoms with Gasteiger partial charge in [0.05, 0.1) is 32.5 Å². The van der Waals surface area contributed by atoms with Crippen molar-refractivity contribution >= 4 is 0 Å². The van der Waals surface area contributed by atoms with E-state index in [9.17, 15) is 0 Å². The van der Waals surface area contributed by atoms with Gasteiger partial charge in [-0.15, -0.1) is 0 Å². The molecule has 2 heterocycles. The van der Waals surface area contributed by atoms with E-state index in [1.807, 2.05) is 13.8 Å². The first kappa shape index (κ1) is 29.8. The molecule has 7 nitrogen and oxygen atoms in total. The predicted octanol–water partition coefficient (Wildman–Crippen LogP) is 2.50. The Labute approximate surface area is 199 Å². The molecule has 2 aliphatic heterocycles. The van der Waals surface area contributed by atoms with Gasteiger partial charge in [-0.05, 0) is 48.5 Å². The molecule has 7 heteroatoms. The van der Waals surface area contributed by atoms with Crippen molar-refractivity contribution in [2.75, 3.05) is 98.5 Å². The highest BCUT2D eigenvalue weighted by molar-refractivity contribution is 4.74. The first-order valence-electron chi connectivity index (χ1n) is 13.0. The van der Waals surface area contributed by atoms with Gasteiger partial charge in [-0.25, -0.2) is 0 Å². The minimum Gasteiger partial charge on any atom is -0.380 e. The lowest BCUT2D eigenvalue weighted by atomic mass is 10.2. The summed E-state index contributed by atoms with van der Waals surface area (Å²) in [7, 11) is 0. The molecule has 2 rings (SSSR count). The van der Waals surface area contributed by atoms with Gasteiger partial charge in [0.1, 0.15) is 0 Å². The highest BCUT2D eigenvalue weighted by atomic mass is 16.5. The van der Waals surface area contributed by atoms with Gasteiger partial charge >= 0.3 is 0 Å². The fourth-order valence-corrected chi connectivity index (χ4v) is 3.98. The summed E-state index contributed by atoms with van der Waals surface area (Å²) >= 11 is 0. The van der Waals surface area contributed by atoms with E-state index >= 15 is 0 Å². The number of rotatable bonds is 13. The third kappa shape index (κ3) is 14.1. The van der Waals surface area contributed by atoms with E-state index in [0.717, 1.165) is 32.9 Å². The Hall–Kier alpha value is -0.280. The Balaban J connectivity index is 0.000000330. The van der Waals surface area contributed by atoms with Crippen LogP contribution in [0, 0.1) is 0 Å². The molecule has 0 aromatic rings. The first-order valence-corrected chi connectivity index (χ1v) is 13.0. The highest BCUT2D eigenvalue weighted by Gasteiger charge is 2.19. The van der Waals surface area contributed by atoms with Crippen molar-refractivity contribution in [1.29, 1.82) is 0 Å². The molecule has 2 saturated heterocycles. The summed E-state index contributed by atoms with van der Waals surface area (Å²) in [6.45, 7) is 30.9. The molecule has 0 bridgehead atoms. The van der Waals surface area contributed by atoms with Crippen LogP contribution in [0.3, 0.4) is 0 Å². The monoisotopic (exact) mass is 458 g/mol. The van der Waals surface area contributed by atoms with E-state index in [2.05, 4.69) is 54.2 Å². The van der Waals surface area contributed by atoms with Crippen LogP contribution in [0.1, 0.15) is 48.5 Å². The van der Waals surface area contributed by atoms with Gasteiger partial charge in [0.15, 0.2) is 0 Å². The maximum Gasteiger partial charge on any atom is 0.0703 e. The number of ether oxygens (including phenoxy) is 3. The van der Waals surface area contributed by atoms with Crippen molar-refractivity contribution in [3.05, 3.63) is 0 Å². The molecule has 0 unspecified atom stereocenters. The molecule has 0 saturated carbocycles. The van der Waals surface area contributed by atoms with Crippen molar-refractivity contribution in [3.63, 3.8) is 0 Å². The molecular weight excluding hydrogens is 404 g/mol. The summed E-state index contributed by atoms with van der Waals surface area (Å²) in [5, 5.41) is 0. The summed E-state index contributed by atoms with van der Waals surface area (Å²) < 4.78 is 16.4. The molecule has 0 spiro atoms. The van der Waals surface area contributed by atoms with Crippen LogP contribution >= 0.6 is 0 Å². The molecule has 0 atom stereocenters. The normalized spacial score (nSPS) is 19.7. The van der Waals surface area contributed by atoms with Crippen LogP contribution in [-0.4, -0.2) is 136 Å². The third-order valence-electron chi connectivity index (χ3n) is 6.26. The van der Waals surface area contributed by atoms with E-state index in [-0.39, 0.29) is 0 Å². The molecular formula is C25H54N4O3. The maximum absolute atomic E-state index is 5.58. The standard InChI is InChI=1S/C14H30N2O2.C11H24N2O/c1-13(2)16-7-5-15(6-8-16)9-10-17-11-12-18-14(3)4;1-4-14-10-9-12-5-7-13(8-6-12)11(2)3/h13-14H,5-12H2,1-4H3;11H,4-10H2,1-3H3. The fourth-order valence-electron chi connectivity index (χ4n) is 3.98. The molecule has 0 aromatic carbocycles. The Morgan fingerprint density at radius 3 is 1.38 bits per heavy atom. The molecule has 0 aromatic heterocycles. The lowest BCUT2D eigenvalue weighted by Crippen LogP contribution is -2.49. The Kier molecular flexibility index (Phi) is 16.8. The van der Waals surface area contributed by atoms with Crippen LogP contribution in [0.25, 0.3) is 0 Å². The summed E-state index contributed by atoms with van der Waals surface area (Å²) in [6.07, 6.45) is 0.303. The number of hydrogen-bond acceptors (Lipinski definition) is 7. The van der Waals surface area contributed by atoms with Gasteiger partial charge in [-0.3, -0.25) is 19.6 Å². The maximum atomic E-state index is 5.58. The fraction of sp³-hybridized carbons (Fsp3) is 1.00. The Bertz CT molecular complexity index is 421. The van der Waals surface area contributed by atoms with Gasteiger partial charge in [0.25, 0.3) is 0 Å². The van der Waals surface area contributed by atoms with Gasteiger partial charge in [-0.2, -0.15) is 0 Å². The molecule has 2 aliphatic rings. The van der Waals surface area contributed by atoms with Crippen LogP contribution < -0.4 is 0 Å². The second-order valence-electron chi connectivity index (χ2n) is 9.67. The largest absolute Gasteiger partial charge is 0.380 e. The van der Waals surface area contributed by atoms with Crippen molar-refractivity contribution < 1.29 is 14.2 Å². The molecule has 192 valence electrons. The summed E-state index contributed by atoms with van der Waals surface area (Å²) in [5.74, 6) is 0. The Morgan fingerprint density at radius 1 is 0.562 bits per heavy atom. The molecule has 0 N–H and O–H groups in total. The van der Waals surface area contributed by atoms with Crippen LogP contribution in [-0.2, 0) is 14.2 Å². The second-order valence-corrected chi connectivity index (χ2v) is 9.67. The van der Waals surface area contributed by atoms with Gasteiger partial charge in [0, 0.05) is 84.1 Å². The zero-order valence-corrected chi connectivity index (χ0v) is 22.4. The van der Waals surface area contributed by atoms with Crippen molar-refractivity contribution in [3.8, 4) is 0 Å². The van der Waals surface area contributed by atoms with Crippen molar-refractivity contribution in [1.82, 2.24) is 19.6 Å². The number of nitrogens with zero attached hydrogens (tertiary/aromatic N) is 4. The molecule has 0 aliphatic carbocycles. The van der Waals surface area contributed by atoms with Gasteiger partial charge in [-0.1, -0.05) is 0 Å². The van der Waals surface area contributed by atoms with Crippen LogP contribution in [0.5, 0.6) is 0 Å². The smallest absolute Gasteiger partial charge is 0.0703 e. The SMILES string of the molecule is CC(C)OCCOCCN1CCN(C(C)C)CC1.CCOCCN1CCN(C(C)C)CC1. The van der Waals surface area contributed by atoms with E-state index in [0.29, 0.717) is 31.4 Å². The van der Waals surface area contributed by atoms with E-state index < -0.39 is 0 Å². The average molecular weight is 459 g/mol. The minimum atomic E-state index is 0.303. The number of piperazine rings is 2. The Morgan fingerprint density at radius 2 is 1.00 bits per heavy atom. The molecule has 2 fully saturated rings. The highest BCUT2D eigenvalue weighted by Crippen LogP contribution is 2.06. The second kappa shape index (κ2) is 18.1. The summed E-state index contributed by atoms with van der Waals surface area (Å²) in [4.78, 5) is 10.1. The van der Waals surface area contributed by atoms with Crippen LogP contribution in [0.2, 0.25) is 0 Å². The predicted molar refractivity (Wildman–Crippen MR) is 135 cm³/mol. The quantitative estimate of drug-likeness (QED) is 0.393. The minimum absolute atomic E-state index is 0.303. The molecule has 32 heavy (non-hydrogen) atoms. The lowest BCUT2D eigenvalue weighted by molar-refractivity contribution is 0.00937. The van der Waals surface area contributed by atoms with Crippen molar-refractivity contribution in [2.24, 2.45) is 0 Å². The number of hydrogen-bond donors (Lipinski definition) is 0.